The molecule has 0 aliphatic heterocycles. The molecule has 0 fully saturated rings. The highest BCUT2D eigenvalue weighted by Crippen LogP contribution is 2.23. The Bertz CT molecular complexity index is 510. The Balaban J connectivity index is 2.34. The van der Waals surface area contributed by atoms with Crippen molar-refractivity contribution in [3.8, 4) is 11.6 Å². The number of nitrogens with one attached hydrogen (secondary N) is 1. The van der Waals surface area contributed by atoms with E-state index in [9.17, 15) is 0 Å². The van der Waals surface area contributed by atoms with Gasteiger partial charge < -0.3 is 9.73 Å². The van der Waals surface area contributed by atoms with Gasteiger partial charge in [-0.15, -0.1) is 0 Å². The normalized spacial score (nSPS) is 10.5. The van der Waals surface area contributed by atoms with E-state index in [4.69, 9.17) is 4.42 Å². The molecule has 2 heterocycles. The number of hydrogen-bond donors (Lipinski definition) is 1. The molecule has 5 heteroatoms. The fraction of sp³-hybridized carbons (Fsp3) is 0.333. The van der Waals surface area contributed by atoms with Crippen LogP contribution in [-0.4, -0.2) is 16.5 Å². The largest absolute Gasteiger partial charge is 0.461 e. The lowest BCUT2D eigenvalue weighted by Crippen LogP contribution is -2.05. The van der Waals surface area contributed by atoms with Crippen molar-refractivity contribution < 1.29 is 4.42 Å². The summed E-state index contributed by atoms with van der Waals surface area (Å²) in [4.78, 5) is 8.79. The molecule has 0 saturated carbocycles. The van der Waals surface area contributed by atoms with E-state index < -0.39 is 0 Å². The zero-order chi connectivity index (χ0) is 12.3. The van der Waals surface area contributed by atoms with Gasteiger partial charge in [-0.05, 0) is 47.6 Å². The minimum absolute atomic E-state index is 0.631. The molecule has 0 unspecified atom stereocenters. The molecule has 2 rings (SSSR count). The SMILES string of the molecule is CCCNc1nc(-c2occc2C)ncc1I. The lowest BCUT2D eigenvalue weighted by atomic mass is 10.2. The number of hydrogen-bond acceptors (Lipinski definition) is 4. The van der Waals surface area contributed by atoms with E-state index in [0.29, 0.717) is 5.82 Å². The van der Waals surface area contributed by atoms with Crippen molar-refractivity contribution in [3.05, 3.63) is 27.7 Å². The molecule has 0 aromatic carbocycles. The lowest BCUT2D eigenvalue weighted by Gasteiger charge is -2.07. The van der Waals surface area contributed by atoms with E-state index in [-0.39, 0.29) is 0 Å². The van der Waals surface area contributed by atoms with E-state index >= 15 is 0 Å². The molecular weight excluding hydrogens is 329 g/mol. The number of anilines is 1. The summed E-state index contributed by atoms with van der Waals surface area (Å²) >= 11 is 2.23. The van der Waals surface area contributed by atoms with Crippen molar-refractivity contribution in [2.75, 3.05) is 11.9 Å². The summed E-state index contributed by atoms with van der Waals surface area (Å²) in [7, 11) is 0. The van der Waals surface area contributed by atoms with Crippen molar-refractivity contribution >= 4 is 28.4 Å². The van der Waals surface area contributed by atoms with Crippen molar-refractivity contribution in [2.24, 2.45) is 0 Å². The Hall–Kier alpha value is -1.11. The van der Waals surface area contributed by atoms with Gasteiger partial charge in [0.2, 0.25) is 0 Å². The Morgan fingerprint density at radius 2 is 2.29 bits per heavy atom. The fourth-order valence-corrected chi connectivity index (χ4v) is 1.90. The highest BCUT2D eigenvalue weighted by molar-refractivity contribution is 14.1. The summed E-state index contributed by atoms with van der Waals surface area (Å²) < 4.78 is 6.41. The zero-order valence-electron chi connectivity index (χ0n) is 9.83. The Kier molecular flexibility index (Phi) is 3.98. The van der Waals surface area contributed by atoms with Gasteiger partial charge in [-0.2, -0.15) is 0 Å². The second kappa shape index (κ2) is 5.48. The molecule has 1 N–H and O–H groups in total. The predicted octanol–water partition coefficient (Wildman–Crippen LogP) is 3.47. The van der Waals surface area contributed by atoms with Gasteiger partial charge in [0.25, 0.3) is 0 Å². The highest BCUT2D eigenvalue weighted by Gasteiger charge is 2.11. The van der Waals surface area contributed by atoms with Gasteiger partial charge in [-0.1, -0.05) is 6.92 Å². The average Bonchev–Trinajstić information content (AvgIpc) is 2.75. The van der Waals surface area contributed by atoms with Crippen LogP contribution < -0.4 is 5.32 Å². The van der Waals surface area contributed by atoms with Crippen molar-refractivity contribution in [2.45, 2.75) is 20.3 Å². The van der Waals surface area contributed by atoms with Gasteiger partial charge in [-0.3, -0.25) is 0 Å². The quantitative estimate of drug-likeness (QED) is 0.864. The summed E-state index contributed by atoms with van der Waals surface area (Å²) in [5.41, 5.74) is 1.05. The maximum atomic E-state index is 5.39. The summed E-state index contributed by atoms with van der Waals surface area (Å²) in [6.45, 7) is 5.02. The Labute approximate surface area is 114 Å². The van der Waals surface area contributed by atoms with Crippen LogP contribution in [0.25, 0.3) is 11.6 Å². The summed E-state index contributed by atoms with van der Waals surface area (Å²) in [6, 6.07) is 1.91. The molecule has 2 aromatic heterocycles. The zero-order valence-corrected chi connectivity index (χ0v) is 12.0. The third-order valence-corrected chi connectivity index (χ3v) is 3.14. The third-order valence-electron chi connectivity index (χ3n) is 2.35. The number of aromatic nitrogens is 2. The number of nitrogens with zero attached hydrogens (tertiary/aromatic N) is 2. The van der Waals surface area contributed by atoms with Crippen molar-refractivity contribution in [1.82, 2.24) is 9.97 Å². The van der Waals surface area contributed by atoms with Crippen LogP contribution >= 0.6 is 22.6 Å². The molecule has 2 aromatic rings. The second-order valence-electron chi connectivity index (χ2n) is 3.75. The first-order valence-electron chi connectivity index (χ1n) is 5.53. The molecule has 0 bridgehead atoms. The van der Waals surface area contributed by atoms with Crippen LogP contribution in [0.2, 0.25) is 0 Å². The van der Waals surface area contributed by atoms with E-state index in [1.807, 2.05) is 19.2 Å². The molecule has 0 amide bonds. The first-order chi connectivity index (χ1) is 8.22. The summed E-state index contributed by atoms with van der Waals surface area (Å²) in [5.74, 6) is 2.24. The van der Waals surface area contributed by atoms with Gasteiger partial charge in [0.05, 0.1) is 9.83 Å². The van der Waals surface area contributed by atoms with Crippen LogP contribution in [-0.2, 0) is 0 Å². The second-order valence-corrected chi connectivity index (χ2v) is 4.91. The molecule has 0 saturated heterocycles. The fourth-order valence-electron chi connectivity index (χ4n) is 1.45. The molecule has 4 nitrogen and oxygen atoms in total. The first kappa shape index (κ1) is 12.3. The Morgan fingerprint density at radius 3 is 2.94 bits per heavy atom. The molecule has 0 aliphatic rings. The van der Waals surface area contributed by atoms with Crippen LogP contribution in [0.5, 0.6) is 0 Å². The number of halogens is 1. The molecule has 90 valence electrons. The smallest absolute Gasteiger partial charge is 0.197 e. The van der Waals surface area contributed by atoms with Gasteiger partial charge in [0.1, 0.15) is 5.82 Å². The van der Waals surface area contributed by atoms with Gasteiger partial charge >= 0.3 is 0 Å². The maximum absolute atomic E-state index is 5.39. The minimum Gasteiger partial charge on any atom is -0.461 e. The predicted molar refractivity (Wildman–Crippen MR) is 76.0 cm³/mol. The van der Waals surface area contributed by atoms with E-state index in [2.05, 4.69) is 44.8 Å². The van der Waals surface area contributed by atoms with Crippen molar-refractivity contribution in [1.29, 1.82) is 0 Å². The van der Waals surface area contributed by atoms with E-state index in [0.717, 1.165) is 33.7 Å². The number of aryl methyl sites for hydroxylation is 1. The van der Waals surface area contributed by atoms with E-state index in [1.165, 1.54) is 0 Å². The molecule has 17 heavy (non-hydrogen) atoms. The van der Waals surface area contributed by atoms with Gasteiger partial charge in [0.15, 0.2) is 11.6 Å². The van der Waals surface area contributed by atoms with Crippen LogP contribution in [0, 0.1) is 10.5 Å². The molecule has 0 aliphatic carbocycles. The standard InChI is InChI=1S/C12H14IN3O/c1-3-5-14-11-9(13)7-15-12(16-11)10-8(2)4-6-17-10/h4,6-7H,3,5H2,1-2H3,(H,14,15,16). The van der Waals surface area contributed by atoms with Crippen LogP contribution in [0.1, 0.15) is 18.9 Å². The van der Waals surface area contributed by atoms with Gasteiger partial charge in [-0.25, -0.2) is 9.97 Å². The average molecular weight is 343 g/mol. The Morgan fingerprint density at radius 1 is 1.47 bits per heavy atom. The summed E-state index contributed by atoms with van der Waals surface area (Å²) in [6.07, 6.45) is 4.53. The van der Waals surface area contributed by atoms with Crippen LogP contribution in [0.15, 0.2) is 22.9 Å². The van der Waals surface area contributed by atoms with Gasteiger partial charge in [0, 0.05) is 12.7 Å². The van der Waals surface area contributed by atoms with Crippen LogP contribution in [0.3, 0.4) is 0 Å². The molecule has 0 atom stereocenters. The lowest BCUT2D eigenvalue weighted by molar-refractivity contribution is 0.575. The topological polar surface area (TPSA) is 51.0 Å². The minimum atomic E-state index is 0.631. The molecule has 0 spiro atoms. The van der Waals surface area contributed by atoms with Crippen molar-refractivity contribution in [3.63, 3.8) is 0 Å². The first-order valence-corrected chi connectivity index (χ1v) is 6.61. The summed E-state index contributed by atoms with van der Waals surface area (Å²) in [5, 5.41) is 3.28. The van der Waals surface area contributed by atoms with Crippen LogP contribution in [0.4, 0.5) is 5.82 Å². The monoisotopic (exact) mass is 343 g/mol. The highest BCUT2D eigenvalue weighted by atomic mass is 127. The number of furan rings is 1. The molecular formula is C12H14IN3O. The number of rotatable bonds is 4. The molecule has 0 radical (unpaired) electrons. The maximum Gasteiger partial charge on any atom is 0.197 e. The van der Waals surface area contributed by atoms with E-state index in [1.54, 1.807) is 6.26 Å². The third kappa shape index (κ3) is 2.77.